The smallest absolute Gasteiger partial charge is 0.342 e. The van der Waals surface area contributed by atoms with Crippen molar-refractivity contribution in [3.63, 3.8) is 0 Å². The average molecular weight is 394 g/mol. The molecule has 0 bridgehead atoms. The van der Waals surface area contributed by atoms with Crippen LogP contribution in [0.1, 0.15) is 31.8 Å². The predicted molar refractivity (Wildman–Crippen MR) is 106 cm³/mol. The normalized spacial score (nSPS) is 10.5. The summed E-state index contributed by atoms with van der Waals surface area (Å²) in [4.78, 5) is 37.9. The average Bonchev–Trinajstić information content (AvgIpc) is 2.66. The van der Waals surface area contributed by atoms with Crippen LogP contribution in [-0.4, -0.2) is 27.1 Å². The summed E-state index contributed by atoms with van der Waals surface area (Å²) in [6, 6.07) is 13.9. The molecule has 0 atom stereocenters. The number of aromatic carboxylic acids is 2. The Hall–Kier alpha value is -4.07. The fourth-order valence-electron chi connectivity index (χ4n) is 3.04. The van der Waals surface area contributed by atoms with Gasteiger partial charge in [-0.05, 0) is 24.1 Å². The molecule has 0 saturated heterocycles. The first-order chi connectivity index (χ1) is 13.8. The van der Waals surface area contributed by atoms with Gasteiger partial charge < -0.3 is 25.7 Å². The molecule has 8 nitrogen and oxygen atoms in total. The van der Waals surface area contributed by atoms with Gasteiger partial charge in [0.1, 0.15) is 29.3 Å². The second kappa shape index (κ2) is 7.89. The minimum Gasteiger partial charge on any atom is -0.488 e. The van der Waals surface area contributed by atoms with Crippen molar-refractivity contribution in [3.05, 3.63) is 81.1 Å². The van der Waals surface area contributed by atoms with Crippen molar-refractivity contribution in [2.24, 2.45) is 0 Å². The van der Waals surface area contributed by atoms with Gasteiger partial charge in [-0.25, -0.2) is 9.59 Å². The Morgan fingerprint density at radius 1 is 1.00 bits per heavy atom. The molecule has 3 aromatic rings. The molecular formula is C21H18N2O6. The van der Waals surface area contributed by atoms with E-state index in [1.165, 1.54) is 6.07 Å². The Labute approximate surface area is 165 Å². The summed E-state index contributed by atoms with van der Waals surface area (Å²) in [6.45, 7) is 2.10. The fourth-order valence-corrected chi connectivity index (χ4v) is 3.04. The van der Waals surface area contributed by atoms with Crippen molar-refractivity contribution in [3.8, 4) is 16.9 Å². The number of rotatable bonds is 6. The number of carboxylic acid groups (broad SMARTS) is 2. The number of hydrogen-bond acceptors (Lipinski definition) is 5. The monoisotopic (exact) mass is 394 g/mol. The summed E-state index contributed by atoms with van der Waals surface area (Å²) in [5, 5.41) is 19.1. The molecule has 0 saturated carbocycles. The second-order valence-corrected chi connectivity index (χ2v) is 6.31. The number of pyridine rings is 1. The van der Waals surface area contributed by atoms with Crippen molar-refractivity contribution in [2.75, 3.05) is 5.73 Å². The van der Waals surface area contributed by atoms with E-state index < -0.39 is 34.4 Å². The van der Waals surface area contributed by atoms with Gasteiger partial charge in [0.15, 0.2) is 0 Å². The predicted octanol–water partition coefficient (Wildman–Crippen LogP) is 2.91. The lowest BCUT2D eigenvalue weighted by molar-refractivity contribution is 0.0695. The van der Waals surface area contributed by atoms with Gasteiger partial charge in [-0.1, -0.05) is 42.5 Å². The number of benzene rings is 2. The lowest BCUT2D eigenvalue weighted by Gasteiger charge is -2.16. The molecule has 2 aromatic carbocycles. The van der Waals surface area contributed by atoms with Crippen LogP contribution in [0.2, 0.25) is 0 Å². The second-order valence-electron chi connectivity index (χ2n) is 6.31. The number of aryl methyl sites for hydroxylation is 1. The lowest BCUT2D eigenvalue weighted by atomic mass is 9.94. The number of nitrogens with two attached hydrogens (primary N) is 1. The molecule has 0 aliphatic carbocycles. The third-order valence-electron chi connectivity index (χ3n) is 4.47. The number of aromatic nitrogens is 1. The molecule has 5 N–H and O–H groups in total. The number of nitrogens with one attached hydrogen (secondary N) is 1. The van der Waals surface area contributed by atoms with Gasteiger partial charge in [0.2, 0.25) is 0 Å². The molecule has 0 aliphatic heterocycles. The van der Waals surface area contributed by atoms with Crippen LogP contribution in [0.15, 0.2) is 53.3 Å². The van der Waals surface area contributed by atoms with Crippen LogP contribution >= 0.6 is 0 Å². The maximum Gasteiger partial charge on any atom is 0.342 e. The first-order valence-electron chi connectivity index (χ1n) is 8.60. The highest BCUT2D eigenvalue weighted by Crippen LogP contribution is 2.36. The molecule has 0 radical (unpaired) electrons. The zero-order chi connectivity index (χ0) is 21.1. The maximum atomic E-state index is 12.2. The highest BCUT2D eigenvalue weighted by molar-refractivity contribution is 6.08. The van der Waals surface area contributed by atoms with Crippen molar-refractivity contribution >= 4 is 17.8 Å². The van der Waals surface area contributed by atoms with Crippen LogP contribution in [0.4, 0.5) is 5.82 Å². The number of ether oxygens (including phenoxy) is 1. The summed E-state index contributed by atoms with van der Waals surface area (Å²) < 4.78 is 5.87. The van der Waals surface area contributed by atoms with Crippen molar-refractivity contribution in [2.45, 2.75) is 13.5 Å². The first kappa shape index (κ1) is 19.7. The summed E-state index contributed by atoms with van der Waals surface area (Å²) in [5.41, 5.74) is 5.23. The number of carbonyl (C=O) groups is 2. The van der Waals surface area contributed by atoms with Gasteiger partial charge in [0, 0.05) is 11.1 Å². The number of aromatic amines is 1. The van der Waals surface area contributed by atoms with Gasteiger partial charge >= 0.3 is 11.9 Å². The third-order valence-corrected chi connectivity index (χ3v) is 4.47. The molecule has 1 heterocycles. The third kappa shape index (κ3) is 3.81. The van der Waals surface area contributed by atoms with E-state index in [0.29, 0.717) is 0 Å². The van der Waals surface area contributed by atoms with Crippen molar-refractivity contribution in [1.29, 1.82) is 0 Å². The van der Waals surface area contributed by atoms with Gasteiger partial charge in [-0.3, -0.25) is 4.79 Å². The molecule has 8 heteroatoms. The Bertz CT molecular complexity index is 1170. The zero-order valence-corrected chi connectivity index (χ0v) is 15.4. The Balaban J connectivity index is 2.20. The first-order valence-corrected chi connectivity index (χ1v) is 8.60. The van der Waals surface area contributed by atoms with Crippen molar-refractivity contribution < 1.29 is 24.5 Å². The Morgan fingerprint density at radius 3 is 2.28 bits per heavy atom. The SMILES string of the molecule is Cc1ccccc1COc1ccccc1-c1c(C(=O)O)c(N)[nH]c(=O)c1C(=O)O. The molecule has 0 fully saturated rings. The molecule has 0 unspecified atom stereocenters. The molecule has 29 heavy (non-hydrogen) atoms. The molecule has 148 valence electrons. The number of carboxylic acids is 2. The van der Waals surface area contributed by atoms with Crippen LogP contribution in [0.25, 0.3) is 11.1 Å². The number of nitrogen functional groups attached to an aromatic ring is 1. The van der Waals surface area contributed by atoms with Crippen LogP contribution in [0.5, 0.6) is 5.75 Å². The molecule has 0 spiro atoms. The fraction of sp³-hybridized carbons (Fsp3) is 0.0952. The molecule has 1 aromatic heterocycles. The van der Waals surface area contributed by atoms with E-state index in [4.69, 9.17) is 10.5 Å². The molecular weight excluding hydrogens is 376 g/mol. The number of H-pyrrole nitrogens is 1. The van der Waals surface area contributed by atoms with E-state index >= 15 is 0 Å². The summed E-state index contributed by atoms with van der Waals surface area (Å²) in [5.74, 6) is -3.25. The molecule has 0 amide bonds. The van der Waals surface area contributed by atoms with E-state index in [1.807, 2.05) is 31.2 Å². The molecule has 0 aliphatic rings. The summed E-state index contributed by atoms with van der Waals surface area (Å²) in [7, 11) is 0. The van der Waals surface area contributed by atoms with Crippen LogP contribution < -0.4 is 16.0 Å². The largest absolute Gasteiger partial charge is 0.488 e. The van der Waals surface area contributed by atoms with Crippen molar-refractivity contribution in [1.82, 2.24) is 4.98 Å². The highest BCUT2D eigenvalue weighted by Gasteiger charge is 2.28. The lowest BCUT2D eigenvalue weighted by Crippen LogP contribution is -2.24. The Kier molecular flexibility index (Phi) is 5.36. The van der Waals surface area contributed by atoms with E-state index in [9.17, 15) is 24.6 Å². The minimum absolute atomic E-state index is 0.147. The highest BCUT2D eigenvalue weighted by atomic mass is 16.5. The number of hydrogen-bond donors (Lipinski definition) is 4. The van der Waals surface area contributed by atoms with Gasteiger partial charge in [0.25, 0.3) is 5.56 Å². The maximum absolute atomic E-state index is 12.2. The molecule has 3 rings (SSSR count). The van der Waals surface area contributed by atoms with Gasteiger partial charge in [-0.15, -0.1) is 0 Å². The summed E-state index contributed by atoms with van der Waals surface area (Å²) >= 11 is 0. The van der Waals surface area contributed by atoms with Gasteiger partial charge in [0.05, 0.1) is 0 Å². The number of anilines is 1. The van der Waals surface area contributed by atoms with E-state index in [0.717, 1.165) is 11.1 Å². The zero-order valence-electron chi connectivity index (χ0n) is 15.4. The van der Waals surface area contributed by atoms with Crippen LogP contribution in [-0.2, 0) is 6.61 Å². The van der Waals surface area contributed by atoms with E-state index in [2.05, 4.69) is 4.98 Å². The van der Waals surface area contributed by atoms with E-state index in [-0.39, 0.29) is 23.5 Å². The van der Waals surface area contributed by atoms with Crippen LogP contribution in [0.3, 0.4) is 0 Å². The van der Waals surface area contributed by atoms with Gasteiger partial charge in [-0.2, -0.15) is 0 Å². The summed E-state index contributed by atoms with van der Waals surface area (Å²) in [6.07, 6.45) is 0. The standard InChI is InChI=1S/C21H18N2O6/c1-11-6-2-3-7-12(11)10-29-14-9-5-4-8-13(14)15-16(20(25)26)18(22)23-19(24)17(15)21(27)28/h2-9H,10H2,1H3,(H,25,26)(H,27,28)(H3,22,23,24). The van der Waals surface area contributed by atoms with Crippen LogP contribution in [0, 0.1) is 6.92 Å². The minimum atomic E-state index is -1.57. The topological polar surface area (TPSA) is 143 Å². The quantitative estimate of drug-likeness (QED) is 0.503. The Morgan fingerprint density at radius 2 is 1.62 bits per heavy atom. The van der Waals surface area contributed by atoms with E-state index in [1.54, 1.807) is 18.2 Å². The number of para-hydroxylation sites is 1.